The van der Waals surface area contributed by atoms with Gasteiger partial charge in [-0.1, -0.05) is 13.0 Å². The van der Waals surface area contributed by atoms with Crippen LogP contribution in [0.5, 0.6) is 0 Å². The summed E-state index contributed by atoms with van der Waals surface area (Å²) in [7, 11) is 0. The molecule has 0 spiro atoms. The standard InChI is InChI=1S/C12H16N4/c1-2-14-11(8-12-15-6-7-16-12)10-4-3-5-13-9-10/h3-7,9,11,14H,2,8H2,1H3,(H,15,16). The maximum absolute atomic E-state index is 4.25. The molecule has 2 heterocycles. The number of aromatic amines is 1. The lowest BCUT2D eigenvalue weighted by Crippen LogP contribution is -2.23. The Balaban J connectivity index is 2.11. The molecule has 0 aliphatic rings. The van der Waals surface area contributed by atoms with Crippen LogP contribution in [0.4, 0.5) is 0 Å². The highest BCUT2D eigenvalue weighted by Crippen LogP contribution is 2.15. The van der Waals surface area contributed by atoms with E-state index < -0.39 is 0 Å². The van der Waals surface area contributed by atoms with E-state index in [1.165, 1.54) is 5.56 Å². The van der Waals surface area contributed by atoms with Crippen LogP contribution in [0.1, 0.15) is 24.4 Å². The van der Waals surface area contributed by atoms with Gasteiger partial charge >= 0.3 is 0 Å². The molecule has 0 fully saturated rings. The Labute approximate surface area is 95.1 Å². The minimum atomic E-state index is 0.268. The smallest absolute Gasteiger partial charge is 0.107 e. The van der Waals surface area contributed by atoms with E-state index in [4.69, 9.17) is 0 Å². The van der Waals surface area contributed by atoms with E-state index in [0.29, 0.717) is 0 Å². The fraction of sp³-hybridized carbons (Fsp3) is 0.333. The third-order valence-electron chi connectivity index (χ3n) is 2.49. The summed E-state index contributed by atoms with van der Waals surface area (Å²) in [6.45, 7) is 3.03. The van der Waals surface area contributed by atoms with E-state index in [-0.39, 0.29) is 6.04 Å². The molecule has 0 aliphatic carbocycles. The van der Waals surface area contributed by atoms with Gasteiger partial charge in [0.1, 0.15) is 5.82 Å². The molecule has 1 unspecified atom stereocenters. The molecule has 0 radical (unpaired) electrons. The maximum atomic E-state index is 4.25. The van der Waals surface area contributed by atoms with Gasteiger partial charge in [-0.15, -0.1) is 0 Å². The number of rotatable bonds is 5. The first kappa shape index (κ1) is 10.8. The first-order valence-corrected chi connectivity index (χ1v) is 5.51. The van der Waals surface area contributed by atoms with Crippen LogP contribution in [-0.4, -0.2) is 21.5 Å². The Morgan fingerprint density at radius 3 is 3.00 bits per heavy atom. The van der Waals surface area contributed by atoms with Crippen LogP contribution in [0.3, 0.4) is 0 Å². The molecule has 0 aromatic carbocycles. The SMILES string of the molecule is CCNC(Cc1ncc[nH]1)c1cccnc1. The third-order valence-corrected chi connectivity index (χ3v) is 2.49. The van der Waals surface area contributed by atoms with Gasteiger partial charge in [-0.25, -0.2) is 4.98 Å². The highest BCUT2D eigenvalue weighted by molar-refractivity contribution is 5.15. The molecule has 0 amide bonds. The van der Waals surface area contributed by atoms with E-state index in [0.717, 1.165) is 18.8 Å². The highest BCUT2D eigenvalue weighted by atomic mass is 14.9. The van der Waals surface area contributed by atoms with Gasteiger partial charge in [0.05, 0.1) is 0 Å². The Morgan fingerprint density at radius 1 is 1.44 bits per heavy atom. The molecular weight excluding hydrogens is 200 g/mol. The second-order valence-corrected chi connectivity index (χ2v) is 3.64. The van der Waals surface area contributed by atoms with Gasteiger partial charge in [0.25, 0.3) is 0 Å². The van der Waals surface area contributed by atoms with Crippen LogP contribution in [-0.2, 0) is 6.42 Å². The zero-order valence-electron chi connectivity index (χ0n) is 9.35. The van der Waals surface area contributed by atoms with Gasteiger partial charge in [-0.05, 0) is 18.2 Å². The van der Waals surface area contributed by atoms with Crippen LogP contribution in [0.15, 0.2) is 36.9 Å². The Hall–Kier alpha value is -1.68. The third kappa shape index (κ3) is 2.67. The van der Waals surface area contributed by atoms with E-state index in [1.807, 2.05) is 18.5 Å². The van der Waals surface area contributed by atoms with Crippen LogP contribution >= 0.6 is 0 Å². The summed E-state index contributed by atoms with van der Waals surface area (Å²) in [6.07, 6.45) is 8.17. The fourth-order valence-corrected chi connectivity index (χ4v) is 1.74. The number of H-pyrrole nitrogens is 1. The number of likely N-dealkylation sites (N-methyl/N-ethyl adjacent to an activating group) is 1. The number of pyridine rings is 1. The van der Waals surface area contributed by atoms with Gasteiger partial charge in [0.15, 0.2) is 0 Å². The summed E-state index contributed by atoms with van der Waals surface area (Å²) < 4.78 is 0. The van der Waals surface area contributed by atoms with Crippen molar-refractivity contribution in [2.45, 2.75) is 19.4 Å². The second-order valence-electron chi connectivity index (χ2n) is 3.64. The predicted octanol–water partition coefficient (Wildman–Crippen LogP) is 1.70. The van der Waals surface area contributed by atoms with Crippen molar-refractivity contribution in [3.05, 3.63) is 48.3 Å². The van der Waals surface area contributed by atoms with Crippen molar-refractivity contribution in [1.82, 2.24) is 20.3 Å². The minimum Gasteiger partial charge on any atom is -0.349 e. The van der Waals surface area contributed by atoms with Crippen molar-refractivity contribution in [1.29, 1.82) is 0 Å². The number of nitrogens with one attached hydrogen (secondary N) is 2. The van der Waals surface area contributed by atoms with E-state index in [1.54, 1.807) is 12.4 Å². The van der Waals surface area contributed by atoms with Crippen molar-refractivity contribution in [2.75, 3.05) is 6.54 Å². The lowest BCUT2D eigenvalue weighted by Gasteiger charge is -2.16. The van der Waals surface area contributed by atoms with Crippen molar-refractivity contribution in [3.8, 4) is 0 Å². The summed E-state index contributed by atoms with van der Waals surface area (Å²) in [6, 6.07) is 4.32. The number of hydrogen-bond acceptors (Lipinski definition) is 3. The zero-order chi connectivity index (χ0) is 11.2. The molecule has 16 heavy (non-hydrogen) atoms. The summed E-state index contributed by atoms with van der Waals surface area (Å²) >= 11 is 0. The minimum absolute atomic E-state index is 0.268. The summed E-state index contributed by atoms with van der Waals surface area (Å²) in [5.41, 5.74) is 1.20. The highest BCUT2D eigenvalue weighted by Gasteiger charge is 2.11. The first-order valence-electron chi connectivity index (χ1n) is 5.51. The summed E-state index contributed by atoms with van der Waals surface area (Å²) in [5, 5.41) is 3.44. The molecule has 2 N–H and O–H groups in total. The van der Waals surface area contributed by atoms with Crippen molar-refractivity contribution >= 4 is 0 Å². The largest absolute Gasteiger partial charge is 0.349 e. The average Bonchev–Trinajstić information content (AvgIpc) is 2.83. The summed E-state index contributed by atoms with van der Waals surface area (Å²) in [4.78, 5) is 11.5. The van der Waals surface area contributed by atoms with Gasteiger partial charge in [0.2, 0.25) is 0 Å². The van der Waals surface area contributed by atoms with Gasteiger partial charge in [-0.2, -0.15) is 0 Å². The maximum Gasteiger partial charge on any atom is 0.107 e. The Morgan fingerprint density at radius 2 is 2.38 bits per heavy atom. The summed E-state index contributed by atoms with van der Waals surface area (Å²) in [5.74, 6) is 0.995. The molecule has 1 atom stereocenters. The molecule has 4 nitrogen and oxygen atoms in total. The number of nitrogens with zero attached hydrogens (tertiary/aromatic N) is 2. The molecule has 2 aromatic heterocycles. The second kappa shape index (κ2) is 5.42. The quantitative estimate of drug-likeness (QED) is 0.799. The molecule has 84 valence electrons. The van der Waals surface area contributed by atoms with Gasteiger partial charge < -0.3 is 10.3 Å². The van der Waals surface area contributed by atoms with Crippen molar-refractivity contribution in [3.63, 3.8) is 0 Å². The van der Waals surface area contributed by atoms with Crippen molar-refractivity contribution in [2.24, 2.45) is 0 Å². The van der Waals surface area contributed by atoms with E-state index in [2.05, 4.69) is 33.3 Å². The Kier molecular flexibility index (Phi) is 3.66. The van der Waals surface area contributed by atoms with Crippen molar-refractivity contribution < 1.29 is 0 Å². The average molecular weight is 216 g/mol. The fourth-order valence-electron chi connectivity index (χ4n) is 1.74. The molecule has 0 saturated heterocycles. The molecule has 0 aliphatic heterocycles. The first-order chi connectivity index (χ1) is 7.90. The number of imidazole rings is 1. The lowest BCUT2D eigenvalue weighted by molar-refractivity contribution is 0.537. The topological polar surface area (TPSA) is 53.6 Å². The van der Waals surface area contributed by atoms with Crippen LogP contribution in [0.2, 0.25) is 0 Å². The zero-order valence-corrected chi connectivity index (χ0v) is 9.35. The van der Waals surface area contributed by atoms with Crippen LogP contribution in [0, 0.1) is 0 Å². The molecular formula is C12H16N4. The molecule has 0 bridgehead atoms. The monoisotopic (exact) mass is 216 g/mol. The molecule has 4 heteroatoms. The number of hydrogen-bond donors (Lipinski definition) is 2. The van der Waals surface area contributed by atoms with E-state index in [9.17, 15) is 0 Å². The van der Waals surface area contributed by atoms with Crippen LogP contribution in [0.25, 0.3) is 0 Å². The predicted molar refractivity (Wildman–Crippen MR) is 62.9 cm³/mol. The normalized spacial score (nSPS) is 12.6. The van der Waals surface area contributed by atoms with E-state index >= 15 is 0 Å². The molecule has 2 rings (SSSR count). The number of aromatic nitrogens is 3. The van der Waals surface area contributed by atoms with Gasteiger partial charge in [-0.3, -0.25) is 4.98 Å². The Bertz CT molecular complexity index is 396. The molecule has 0 saturated carbocycles. The van der Waals surface area contributed by atoms with Crippen LogP contribution < -0.4 is 5.32 Å². The molecule has 2 aromatic rings. The van der Waals surface area contributed by atoms with Gasteiger partial charge in [0, 0.05) is 37.3 Å². The lowest BCUT2D eigenvalue weighted by atomic mass is 10.1.